The van der Waals surface area contributed by atoms with Crippen LogP contribution in [-0.4, -0.2) is 26.8 Å². The number of pyridine rings is 1. The molecule has 4 nitrogen and oxygen atoms in total. The Bertz CT molecular complexity index is 306. The second-order valence-electron chi connectivity index (χ2n) is 2.25. The second kappa shape index (κ2) is 4.67. The standard InChI is InChI=1S/C5H5BCl2NO3.Li/c7-3-1-4(8)5(9-2-3)6(10,11)12;/h1-2,10-12H;/q-1;+1. The summed E-state index contributed by atoms with van der Waals surface area (Å²) in [7, 11) is 0. The summed E-state index contributed by atoms with van der Waals surface area (Å²) >= 11 is 11.0. The van der Waals surface area contributed by atoms with Crippen LogP contribution in [-0.2, 0) is 0 Å². The van der Waals surface area contributed by atoms with Gasteiger partial charge in [0.2, 0.25) is 0 Å². The largest absolute Gasteiger partial charge is 1.00 e. The molecule has 0 saturated heterocycles. The van der Waals surface area contributed by atoms with Crippen LogP contribution in [0.25, 0.3) is 0 Å². The topological polar surface area (TPSA) is 73.6 Å². The first-order valence-electron chi connectivity index (χ1n) is 3.04. The minimum absolute atomic E-state index is 0. The number of halogens is 2. The van der Waals surface area contributed by atoms with Crippen LogP contribution in [0, 0.1) is 0 Å². The third kappa shape index (κ3) is 3.49. The van der Waals surface area contributed by atoms with Gasteiger partial charge in [0.1, 0.15) is 0 Å². The van der Waals surface area contributed by atoms with Gasteiger partial charge in [-0.2, -0.15) is 0 Å². The predicted octanol–water partition coefficient (Wildman–Crippen LogP) is -3.48. The van der Waals surface area contributed by atoms with Crippen molar-refractivity contribution in [2.24, 2.45) is 0 Å². The quantitative estimate of drug-likeness (QED) is 0.426. The van der Waals surface area contributed by atoms with Crippen molar-refractivity contribution in [2.45, 2.75) is 0 Å². The average Bonchev–Trinajstić information content (AvgIpc) is 1.83. The van der Waals surface area contributed by atoms with E-state index in [1.807, 2.05) is 0 Å². The zero-order valence-corrected chi connectivity index (χ0v) is 8.29. The summed E-state index contributed by atoms with van der Waals surface area (Å²) in [6, 6.07) is 1.25. The molecule has 0 unspecified atom stereocenters. The molecule has 1 rings (SSSR count). The molecule has 0 aromatic carbocycles. The molecule has 0 atom stereocenters. The fraction of sp³-hybridized carbons (Fsp3) is 0. The van der Waals surface area contributed by atoms with Crippen molar-refractivity contribution < 1.29 is 33.9 Å². The molecule has 1 heterocycles. The Hall–Kier alpha value is 0.272. The molecular formula is C5H5BCl2LiNO3. The molecular weight excluding hydrogens is 211 g/mol. The number of nitrogens with zero attached hydrogens (tertiary/aromatic N) is 1. The van der Waals surface area contributed by atoms with Crippen molar-refractivity contribution in [2.75, 3.05) is 0 Å². The number of hydrogen-bond acceptors (Lipinski definition) is 4. The van der Waals surface area contributed by atoms with E-state index in [0.717, 1.165) is 6.20 Å². The van der Waals surface area contributed by atoms with E-state index in [4.69, 9.17) is 38.3 Å². The monoisotopic (exact) mass is 215 g/mol. The van der Waals surface area contributed by atoms with E-state index in [1.54, 1.807) is 0 Å². The Morgan fingerprint density at radius 3 is 2.15 bits per heavy atom. The average molecular weight is 216 g/mol. The summed E-state index contributed by atoms with van der Waals surface area (Å²) in [5, 5.41) is 26.4. The van der Waals surface area contributed by atoms with Gasteiger partial charge in [-0.25, -0.2) is 0 Å². The van der Waals surface area contributed by atoms with Gasteiger partial charge in [-0.05, 0) is 11.7 Å². The maximum absolute atomic E-state index is 8.74. The molecule has 0 aliphatic rings. The van der Waals surface area contributed by atoms with Crippen LogP contribution in [0.3, 0.4) is 0 Å². The van der Waals surface area contributed by atoms with E-state index in [-0.39, 0.29) is 34.5 Å². The van der Waals surface area contributed by atoms with Crippen molar-refractivity contribution >= 4 is 35.5 Å². The van der Waals surface area contributed by atoms with Gasteiger partial charge in [0.15, 0.2) is 0 Å². The van der Waals surface area contributed by atoms with Crippen molar-refractivity contribution in [1.82, 2.24) is 4.98 Å². The first-order valence-corrected chi connectivity index (χ1v) is 3.79. The summed E-state index contributed by atoms with van der Waals surface area (Å²) in [5.74, 6) is 0. The Morgan fingerprint density at radius 2 is 1.77 bits per heavy atom. The summed E-state index contributed by atoms with van der Waals surface area (Å²) in [4.78, 5) is 3.46. The molecule has 1 aromatic rings. The maximum Gasteiger partial charge on any atom is 1.00 e. The molecule has 66 valence electrons. The molecule has 0 radical (unpaired) electrons. The van der Waals surface area contributed by atoms with Crippen LogP contribution in [0.2, 0.25) is 10.0 Å². The Kier molecular flexibility index (Phi) is 4.77. The SMILES string of the molecule is O[B-](O)(O)c1ncc(Cl)cc1Cl.[Li+]. The van der Waals surface area contributed by atoms with Crippen LogP contribution >= 0.6 is 23.2 Å². The predicted molar refractivity (Wildman–Crippen MR) is 46.3 cm³/mol. The summed E-state index contributed by atoms with van der Waals surface area (Å²) in [6.07, 6.45) is 1.15. The molecule has 3 N–H and O–H groups in total. The molecule has 0 spiro atoms. The van der Waals surface area contributed by atoms with Crippen LogP contribution in [0.15, 0.2) is 12.3 Å². The van der Waals surface area contributed by atoms with Gasteiger partial charge in [-0.15, -0.1) is 0 Å². The van der Waals surface area contributed by atoms with E-state index in [2.05, 4.69) is 4.98 Å². The molecule has 0 saturated carbocycles. The molecule has 0 aliphatic carbocycles. The van der Waals surface area contributed by atoms with Crippen molar-refractivity contribution in [1.29, 1.82) is 0 Å². The fourth-order valence-electron chi connectivity index (χ4n) is 0.710. The minimum atomic E-state index is -3.65. The molecule has 0 bridgehead atoms. The van der Waals surface area contributed by atoms with E-state index >= 15 is 0 Å². The fourth-order valence-corrected chi connectivity index (χ4v) is 1.24. The Morgan fingerprint density at radius 1 is 1.23 bits per heavy atom. The number of rotatable bonds is 1. The smallest absolute Gasteiger partial charge is 0.555 e. The molecule has 0 amide bonds. The van der Waals surface area contributed by atoms with E-state index < -0.39 is 6.75 Å². The molecule has 0 fully saturated rings. The van der Waals surface area contributed by atoms with Gasteiger partial charge < -0.3 is 15.1 Å². The minimum Gasteiger partial charge on any atom is -0.555 e. The molecule has 8 heteroatoms. The first-order chi connectivity index (χ1) is 5.41. The normalized spacial score (nSPS) is 10.8. The van der Waals surface area contributed by atoms with Gasteiger partial charge in [0.25, 0.3) is 0 Å². The zero-order chi connectivity index (χ0) is 9.35. The van der Waals surface area contributed by atoms with Crippen LogP contribution in [0.4, 0.5) is 0 Å². The van der Waals surface area contributed by atoms with Gasteiger partial charge in [-0.1, -0.05) is 23.2 Å². The van der Waals surface area contributed by atoms with Crippen LogP contribution < -0.4 is 24.5 Å². The number of aromatic nitrogens is 1. The summed E-state index contributed by atoms with van der Waals surface area (Å²) < 4.78 is 0. The van der Waals surface area contributed by atoms with Crippen molar-refractivity contribution in [3.63, 3.8) is 0 Å². The summed E-state index contributed by atoms with van der Waals surface area (Å²) in [6.45, 7) is -3.65. The van der Waals surface area contributed by atoms with E-state index in [0.29, 0.717) is 0 Å². The van der Waals surface area contributed by atoms with Gasteiger partial charge in [0, 0.05) is 11.2 Å². The van der Waals surface area contributed by atoms with Gasteiger partial charge in [0.05, 0.1) is 5.02 Å². The third-order valence-corrected chi connectivity index (χ3v) is 1.71. The third-order valence-electron chi connectivity index (χ3n) is 1.20. The Labute approximate surface area is 96.7 Å². The summed E-state index contributed by atoms with van der Waals surface area (Å²) in [5.41, 5.74) is -0.388. The second-order valence-corrected chi connectivity index (χ2v) is 3.10. The van der Waals surface area contributed by atoms with E-state index in [1.165, 1.54) is 6.07 Å². The zero-order valence-electron chi connectivity index (χ0n) is 6.78. The Balaban J connectivity index is 0.00000144. The number of hydrogen-bond donors (Lipinski definition) is 3. The van der Waals surface area contributed by atoms with E-state index in [9.17, 15) is 0 Å². The van der Waals surface area contributed by atoms with Gasteiger partial charge >= 0.3 is 25.6 Å². The molecule has 13 heavy (non-hydrogen) atoms. The van der Waals surface area contributed by atoms with Crippen molar-refractivity contribution in [3.05, 3.63) is 22.3 Å². The molecule has 0 aliphatic heterocycles. The van der Waals surface area contributed by atoms with Crippen LogP contribution in [0.5, 0.6) is 0 Å². The van der Waals surface area contributed by atoms with Crippen molar-refractivity contribution in [3.8, 4) is 0 Å². The molecule has 1 aromatic heterocycles. The van der Waals surface area contributed by atoms with Gasteiger partial charge in [-0.3, -0.25) is 4.98 Å². The first kappa shape index (κ1) is 13.3. The van der Waals surface area contributed by atoms with Crippen LogP contribution in [0.1, 0.15) is 0 Å². The maximum atomic E-state index is 8.74.